The van der Waals surface area contributed by atoms with Gasteiger partial charge in [-0.2, -0.15) is 0 Å². The van der Waals surface area contributed by atoms with Crippen LogP contribution in [0.1, 0.15) is 51.1 Å². The Morgan fingerprint density at radius 1 is 1.19 bits per heavy atom. The highest BCUT2D eigenvalue weighted by Crippen LogP contribution is 2.26. The van der Waals surface area contributed by atoms with Crippen molar-refractivity contribution >= 4 is 17.7 Å². The van der Waals surface area contributed by atoms with E-state index >= 15 is 0 Å². The molecule has 1 aliphatic rings. The second-order valence-electron chi connectivity index (χ2n) is 5.83. The van der Waals surface area contributed by atoms with Crippen LogP contribution in [0.25, 0.3) is 0 Å². The molecular formula is C17H26N2OS. The van der Waals surface area contributed by atoms with Crippen molar-refractivity contribution in [2.45, 2.75) is 61.8 Å². The minimum atomic E-state index is -0.0434. The van der Waals surface area contributed by atoms with Crippen molar-refractivity contribution < 1.29 is 4.79 Å². The Bertz CT molecular complexity index is 454. The lowest BCUT2D eigenvalue weighted by Gasteiger charge is -2.17. The van der Waals surface area contributed by atoms with E-state index in [4.69, 9.17) is 0 Å². The van der Waals surface area contributed by atoms with Crippen molar-refractivity contribution in [2.24, 2.45) is 0 Å². The van der Waals surface area contributed by atoms with Crippen LogP contribution < -0.4 is 10.6 Å². The van der Waals surface area contributed by atoms with Crippen LogP contribution >= 0.6 is 11.8 Å². The Kier molecular flexibility index (Phi) is 6.12. The summed E-state index contributed by atoms with van der Waals surface area (Å²) in [4.78, 5) is 13.3. The number of rotatable bonds is 6. The molecule has 4 heteroatoms. The lowest BCUT2D eigenvalue weighted by Crippen LogP contribution is -2.37. The summed E-state index contributed by atoms with van der Waals surface area (Å²) in [6.07, 6.45) is 4.77. The van der Waals surface area contributed by atoms with Gasteiger partial charge in [-0.3, -0.25) is 4.79 Å². The number of carbonyl (C=O) groups is 1. The highest BCUT2D eigenvalue weighted by atomic mass is 32.2. The van der Waals surface area contributed by atoms with Gasteiger partial charge in [0.2, 0.25) is 5.91 Å². The molecule has 21 heavy (non-hydrogen) atoms. The van der Waals surface area contributed by atoms with Crippen molar-refractivity contribution in [3.05, 3.63) is 29.8 Å². The van der Waals surface area contributed by atoms with Gasteiger partial charge in [0, 0.05) is 17.0 Å². The van der Waals surface area contributed by atoms with Crippen LogP contribution in [0.3, 0.4) is 0 Å². The van der Waals surface area contributed by atoms with E-state index in [0.29, 0.717) is 12.1 Å². The standard InChI is InChI=1S/C17H26N2OS/c1-12(18-3)14-8-10-16(11-9-14)21-13(2)17(20)19-15-6-4-5-7-15/h8-13,15,18H,4-7H2,1-3H3,(H,19,20). The summed E-state index contributed by atoms with van der Waals surface area (Å²) in [7, 11) is 1.96. The fraction of sp³-hybridized carbons (Fsp3) is 0.588. The molecule has 1 amide bonds. The number of thioether (sulfide) groups is 1. The molecule has 1 aliphatic carbocycles. The van der Waals surface area contributed by atoms with Crippen LogP contribution in [0.2, 0.25) is 0 Å². The van der Waals surface area contributed by atoms with Crippen molar-refractivity contribution in [1.29, 1.82) is 0 Å². The summed E-state index contributed by atoms with van der Waals surface area (Å²) in [6.45, 7) is 4.12. The van der Waals surface area contributed by atoms with Gasteiger partial charge in [-0.15, -0.1) is 11.8 Å². The van der Waals surface area contributed by atoms with Gasteiger partial charge in [-0.1, -0.05) is 25.0 Å². The van der Waals surface area contributed by atoms with Crippen LogP contribution in [-0.2, 0) is 4.79 Å². The number of hydrogen-bond acceptors (Lipinski definition) is 3. The van der Waals surface area contributed by atoms with Gasteiger partial charge >= 0.3 is 0 Å². The Morgan fingerprint density at radius 2 is 1.81 bits per heavy atom. The van der Waals surface area contributed by atoms with Gasteiger partial charge in [-0.25, -0.2) is 0 Å². The molecule has 2 atom stereocenters. The minimum Gasteiger partial charge on any atom is -0.352 e. The molecule has 0 aliphatic heterocycles. The maximum absolute atomic E-state index is 12.2. The molecule has 0 saturated heterocycles. The van der Waals surface area contributed by atoms with E-state index in [9.17, 15) is 4.79 Å². The summed E-state index contributed by atoms with van der Waals surface area (Å²) in [5.41, 5.74) is 1.27. The van der Waals surface area contributed by atoms with E-state index in [2.05, 4.69) is 41.8 Å². The number of carbonyl (C=O) groups excluding carboxylic acids is 1. The number of amides is 1. The van der Waals surface area contributed by atoms with Crippen LogP contribution in [-0.4, -0.2) is 24.2 Å². The molecular weight excluding hydrogens is 280 g/mol. The van der Waals surface area contributed by atoms with Crippen molar-refractivity contribution in [2.75, 3.05) is 7.05 Å². The van der Waals surface area contributed by atoms with Crippen molar-refractivity contribution in [1.82, 2.24) is 10.6 Å². The maximum atomic E-state index is 12.2. The Hall–Kier alpha value is -1.00. The molecule has 0 bridgehead atoms. The number of nitrogens with one attached hydrogen (secondary N) is 2. The predicted molar refractivity (Wildman–Crippen MR) is 89.6 cm³/mol. The third-order valence-corrected chi connectivity index (χ3v) is 5.31. The van der Waals surface area contributed by atoms with E-state index < -0.39 is 0 Å². The summed E-state index contributed by atoms with van der Waals surface area (Å²) in [5.74, 6) is 0.166. The van der Waals surface area contributed by atoms with Crippen LogP contribution in [0.15, 0.2) is 29.2 Å². The summed E-state index contributed by atoms with van der Waals surface area (Å²) in [6, 6.07) is 9.22. The van der Waals surface area contributed by atoms with E-state index in [1.165, 1.54) is 18.4 Å². The molecule has 2 rings (SSSR count). The van der Waals surface area contributed by atoms with E-state index in [0.717, 1.165) is 17.7 Å². The SMILES string of the molecule is CNC(C)c1ccc(SC(C)C(=O)NC2CCCC2)cc1. The first-order valence-electron chi connectivity index (χ1n) is 7.84. The molecule has 0 spiro atoms. The van der Waals surface area contributed by atoms with Crippen LogP contribution in [0.5, 0.6) is 0 Å². The fourth-order valence-corrected chi connectivity index (χ4v) is 3.52. The molecule has 1 saturated carbocycles. The zero-order chi connectivity index (χ0) is 15.2. The zero-order valence-electron chi connectivity index (χ0n) is 13.2. The Morgan fingerprint density at radius 3 is 2.38 bits per heavy atom. The molecule has 1 fully saturated rings. The highest BCUT2D eigenvalue weighted by molar-refractivity contribution is 8.00. The third-order valence-electron chi connectivity index (χ3n) is 4.20. The minimum absolute atomic E-state index is 0.0434. The first-order chi connectivity index (χ1) is 10.1. The lowest BCUT2D eigenvalue weighted by molar-refractivity contribution is -0.120. The van der Waals surface area contributed by atoms with E-state index in [1.54, 1.807) is 11.8 Å². The second-order valence-corrected chi connectivity index (χ2v) is 7.24. The van der Waals surface area contributed by atoms with Crippen LogP contribution in [0.4, 0.5) is 0 Å². The number of benzene rings is 1. The predicted octanol–water partition coefficient (Wildman–Crippen LogP) is 3.51. The van der Waals surface area contributed by atoms with Gasteiger partial charge in [0.15, 0.2) is 0 Å². The lowest BCUT2D eigenvalue weighted by atomic mass is 10.1. The topological polar surface area (TPSA) is 41.1 Å². The summed E-state index contributed by atoms with van der Waals surface area (Å²) in [5, 5.41) is 6.35. The molecule has 0 radical (unpaired) electrons. The van der Waals surface area contributed by atoms with Crippen molar-refractivity contribution in [3.63, 3.8) is 0 Å². The second kappa shape index (κ2) is 7.85. The fourth-order valence-electron chi connectivity index (χ4n) is 2.65. The highest BCUT2D eigenvalue weighted by Gasteiger charge is 2.21. The normalized spacial score (nSPS) is 18.4. The molecule has 116 valence electrons. The number of hydrogen-bond donors (Lipinski definition) is 2. The molecule has 0 aromatic heterocycles. The third kappa shape index (κ3) is 4.75. The molecule has 0 heterocycles. The smallest absolute Gasteiger partial charge is 0.233 e. The Balaban J connectivity index is 1.86. The molecule has 1 aromatic carbocycles. The average Bonchev–Trinajstić information content (AvgIpc) is 3.00. The van der Waals surface area contributed by atoms with Gasteiger partial charge in [0.05, 0.1) is 5.25 Å². The average molecular weight is 306 g/mol. The van der Waals surface area contributed by atoms with Gasteiger partial charge in [0.1, 0.15) is 0 Å². The first kappa shape index (κ1) is 16.4. The summed E-state index contributed by atoms with van der Waals surface area (Å²) < 4.78 is 0. The first-order valence-corrected chi connectivity index (χ1v) is 8.72. The molecule has 2 N–H and O–H groups in total. The monoisotopic (exact) mass is 306 g/mol. The zero-order valence-corrected chi connectivity index (χ0v) is 14.0. The maximum Gasteiger partial charge on any atom is 0.233 e. The van der Waals surface area contributed by atoms with Gasteiger partial charge < -0.3 is 10.6 Å². The molecule has 3 nitrogen and oxygen atoms in total. The molecule has 2 unspecified atom stereocenters. The largest absolute Gasteiger partial charge is 0.352 e. The van der Waals surface area contributed by atoms with E-state index in [-0.39, 0.29) is 11.2 Å². The quantitative estimate of drug-likeness (QED) is 0.790. The van der Waals surface area contributed by atoms with Crippen LogP contribution in [0, 0.1) is 0 Å². The van der Waals surface area contributed by atoms with E-state index in [1.807, 2.05) is 14.0 Å². The van der Waals surface area contributed by atoms with Gasteiger partial charge in [0.25, 0.3) is 0 Å². The summed E-state index contributed by atoms with van der Waals surface area (Å²) >= 11 is 1.63. The van der Waals surface area contributed by atoms with Gasteiger partial charge in [-0.05, 0) is 51.4 Å². The Labute approximate surface area is 132 Å². The molecule has 1 aromatic rings. The van der Waals surface area contributed by atoms with Crippen molar-refractivity contribution in [3.8, 4) is 0 Å².